The first kappa shape index (κ1) is 15.5. The molecule has 2 aromatic carbocycles. The zero-order chi connectivity index (χ0) is 14.8. The molecule has 3 rings (SSSR count). The summed E-state index contributed by atoms with van der Waals surface area (Å²) < 4.78 is 10.1. The minimum Gasteiger partial charge on any atom is -0.379 e. The maximum absolute atomic E-state index is 5.62. The van der Waals surface area contributed by atoms with Crippen molar-refractivity contribution < 1.29 is 4.74 Å². The van der Waals surface area contributed by atoms with Crippen LogP contribution in [0.15, 0.2) is 45.3 Å². The Kier molecular flexibility index (Phi) is 5.04. The van der Waals surface area contributed by atoms with E-state index in [4.69, 9.17) is 4.74 Å². The largest absolute Gasteiger partial charge is 0.379 e. The molecule has 3 aromatic rings. The van der Waals surface area contributed by atoms with Gasteiger partial charge in [0.25, 0.3) is 0 Å². The fourth-order valence-electron chi connectivity index (χ4n) is 2.60. The van der Waals surface area contributed by atoms with Gasteiger partial charge in [0.2, 0.25) is 0 Å². The van der Waals surface area contributed by atoms with Crippen molar-refractivity contribution in [3.05, 3.63) is 45.3 Å². The van der Waals surface area contributed by atoms with Gasteiger partial charge < -0.3 is 9.30 Å². The summed E-state index contributed by atoms with van der Waals surface area (Å²) in [6.45, 7) is 2.32. The Morgan fingerprint density at radius 2 is 1.43 bits per heavy atom. The number of hydrogen-bond donors (Lipinski definition) is 0. The van der Waals surface area contributed by atoms with E-state index in [1.54, 1.807) is 0 Å². The van der Waals surface area contributed by atoms with E-state index in [-0.39, 0.29) is 0 Å². The number of halogens is 3. The number of fused-ring (bicyclic) bond motifs is 3. The average molecular weight is 476 g/mol. The third kappa shape index (κ3) is 3.21. The molecule has 0 aliphatic rings. The Balaban J connectivity index is 2.11. The second-order valence-corrected chi connectivity index (χ2v) is 7.40. The number of alkyl halides is 1. The first-order valence-corrected chi connectivity index (χ1v) is 9.42. The monoisotopic (exact) mass is 473 g/mol. The fourth-order valence-corrected chi connectivity index (χ4v) is 3.55. The van der Waals surface area contributed by atoms with Gasteiger partial charge in [-0.1, -0.05) is 47.8 Å². The van der Waals surface area contributed by atoms with Crippen LogP contribution in [0.1, 0.15) is 0 Å². The molecule has 0 unspecified atom stereocenters. The maximum Gasteiger partial charge on any atom is 0.0646 e. The number of nitrogens with zero attached hydrogens (tertiary/aromatic N) is 1. The standard InChI is InChI=1S/C16H14Br3NO/c17-5-7-21-8-6-20-15-3-1-11(18)9-13(15)14-10-12(19)2-4-16(14)20/h1-4,9-10H,5-8H2. The van der Waals surface area contributed by atoms with Crippen LogP contribution in [0.4, 0.5) is 0 Å². The Morgan fingerprint density at radius 1 is 0.857 bits per heavy atom. The lowest BCUT2D eigenvalue weighted by Crippen LogP contribution is -2.07. The van der Waals surface area contributed by atoms with Gasteiger partial charge in [-0.05, 0) is 36.4 Å². The van der Waals surface area contributed by atoms with Crippen LogP contribution in [0.3, 0.4) is 0 Å². The Labute approximate surface area is 148 Å². The first-order valence-electron chi connectivity index (χ1n) is 6.71. The van der Waals surface area contributed by atoms with Gasteiger partial charge >= 0.3 is 0 Å². The van der Waals surface area contributed by atoms with Crippen molar-refractivity contribution >= 4 is 69.6 Å². The highest BCUT2D eigenvalue weighted by atomic mass is 79.9. The summed E-state index contributed by atoms with van der Waals surface area (Å²) in [5.74, 6) is 0. The van der Waals surface area contributed by atoms with E-state index in [9.17, 15) is 0 Å². The quantitative estimate of drug-likeness (QED) is 0.339. The molecule has 5 heteroatoms. The minimum absolute atomic E-state index is 0.719. The summed E-state index contributed by atoms with van der Waals surface area (Å²) in [5, 5.41) is 3.41. The van der Waals surface area contributed by atoms with Crippen molar-refractivity contribution in [2.75, 3.05) is 18.5 Å². The molecular formula is C16H14Br3NO. The summed E-state index contributed by atoms with van der Waals surface area (Å²) >= 11 is 10.5. The maximum atomic E-state index is 5.62. The summed E-state index contributed by atoms with van der Waals surface area (Å²) in [5.41, 5.74) is 2.49. The molecule has 1 heterocycles. The third-order valence-electron chi connectivity index (χ3n) is 3.47. The molecule has 0 fully saturated rings. The second kappa shape index (κ2) is 6.82. The van der Waals surface area contributed by atoms with Crippen molar-refractivity contribution in [3.63, 3.8) is 0 Å². The van der Waals surface area contributed by atoms with Crippen molar-refractivity contribution in [1.82, 2.24) is 4.57 Å². The molecular weight excluding hydrogens is 462 g/mol. The predicted octanol–water partition coefficient (Wildman–Crippen LogP) is 5.73. The van der Waals surface area contributed by atoms with E-state index in [1.807, 2.05) is 0 Å². The Hall–Kier alpha value is -0.360. The minimum atomic E-state index is 0.719. The van der Waals surface area contributed by atoms with Crippen molar-refractivity contribution in [2.45, 2.75) is 6.54 Å². The van der Waals surface area contributed by atoms with Gasteiger partial charge in [0.05, 0.1) is 13.2 Å². The lowest BCUT2D eigenvalue weighted by molar-refractivity contribution is 0.143. The van der Waals surface area contributed by atoms with Crippen molar-refractivity contribution in [1.29, 1.82) is 0 Å². The number of ether oxygens (including phenoxy) is 1. The third-order valence-corrected chi connectivity index (χ3v) is 4.78. The van der Waals surface area contributed by atoms with E-state index in [0.717, 1.165) is 34.0 Å². The molecule has 0 N–H and O–H groups in total. The van der Waals surface area contributed by atoms with E-state index in [2.05, 4.69) is 88.8 Å². The molecule has 110 valence electrons. The highest BCUT2D eigenvalue weighted by Crippen LogP contribution is 2.32. The van der Waals surface area contributed by atoms with Crippen LogP contribution in [0.5, 0.6) is 0 Å². The normalized spacial score (nSPS) is 11.6. The van der Waals surface area contributed by atoms with Crippen molar-refractivity contribution in [2.24, 2.45) is 0 Å². The number of rotatable bonds is 5. The van der Waals surface area contributed by atoms with Crippen LogP contribution in [0.2, 0.25) is 0 Å². The van der Waals surface area contributed by atoms with Gasteiger partial charge in [0.1, 0.15) is 0 Å². The highest BCUT2D eigenvalue weighted by Gasteiger charge is 2.11. The second-order valence-electron chi connectivity index (χ2n) is 4.78. The number of hydrogen-bond acceptors (Lipinski definition) is 1. The zero-order valence-corrected chi connectivity index (χ0v) is 16.0. The number of benzene rings is 2. The van der Waals surface area contributed by atoms with E-state index < -0.39 is 0 Å². The molecule has 0 spiro atoms. The lowest BCUT2D eigenvalue weighted by atomic mass is 10.2. The van der Waals surface area contributed by atoms with Crippen LogP contribution in [-0.2, 0) is 11.3 Å². The van der Waals surface area contributed by atoms with Gasteiger partial charge in [-0.2, -0.15) is 0 Å². The van der Waals surface area contributed by atoms with Crippen molar-refractivity contribution in [3.8, 4) is 0 Å². The Bertz CT molecular complexity index is 723. The van der Waals surface area contributed by atoms with Crippen LogP contribution in [0, 0.1) is 0 Å². The van der Waals surface area contributed by atoms with Gasteiger partial charge in [0.15, 0.2) is 0 Å². The number of aromatic nitrogens is 1. The van der Waals surface area contributed by atoms with E-state index >= 15 is 0 Å². The molecule has 0 amide bonds. The molecule has 0 atom stereocenters. The fraction of sp³-hybridized carbons (Fsp3) is 0.250. The average Bonchev–Trinajstić information content (AvgIpc) is 2.77. The summed E-state index contributed by atoms with van der Waals surface area (Å²) in [4.78, 5) is 0. The summed E-state index contributed by atoms with van der Waals surface area (Å²) in [7, 11) is 0. The Morgan fingerprint density at radius 3 is 1.95 bits per heavy atom. The smallest absolute Gasteiger partial charge is 0.0646 e. The molecule has 2 nitrogen and oxygen atoms in total. The molecule has 0 saturated heterocycles. The zero-order valence-electron chi connectivity index (χ0n) is 11.3. The predicted molar refractivity (Wildman–Crippen MR) is 99.5 cm³/mol. The highest BCUT2D eigenvalue weighted by molar-refractivity contribution is 9.10. The molecule has 0 aliphatic carbocycles. The van der Waals surface area contributed by atoms with E-state index in [1.165, 1.54) is 21.8 Å². The molecule has 0 bridgehead atoms. The molecule has 0 aliphatic heterocycles. The van der Waals surface area contributed by atoms with Gasteiger partial charge in [-0.15, -0.1) is 0 Å². The first-order chi connectivity index (χ1) is 10.2. The SMILES string of the molecule is BrCCOCCn1c2ccc(Br)cc2c2cc(Br)ccc21. The van der Waals surface area contributed by atoms with Crippen LogP contribution >= 0.6 is 47.8 Å². The lowest BCUT2D eigenvalue weighted by Gasteiger charge is -2.08. The molecule has 0 saturated carbocycles. The van der Waals surface area contributed by atoms with Crippen LogP contribution in [0.25, 0.3) is 21.8 Å². The van der Waals surface area contributed by atoms with Gasteiger partial charge in [0, 0.05) is 42.6 Å². The molecule has 1 aromatic heterocycles. The van der Waals surface area contributed by atoms with Crippen LogP contribution in [-0.4, -0.2) is 23.1 Å². The summed E-state index contributed by atoms with van der Waals surface area (Å²) in [6.07, 6.45) is 0. The molecule has 21 heavy (non-hydrogen) atoms. The summed E-state index contributed by atoms with van der Waals surface area (Å²) in [6, 6.07) is 12.9. The van der Waals surface area contributed by atoms with Crippen LogP contribution < -0.4 is 0 Å². The van der Waals surface area contributed by atoms with Gasteiger partial charge in [-0.25, -0.2) is 0 Å². The van der Waals surface area contributed by atoms with Gasteiger partial charge in [-0.3, -0.25) is 0 Å². The van der Waals surface area contributed by atoms with E-state index in [0.29, 0.717) is 0 Å². The molecule has 0 radical (unpaired) electrons. The topological polar surface area (TPSA) is 14.2 Å².